The van der Waals surface area contributed by atoms with Crippen molar-refractivity contribution in [3.63, 3.8) is 0 Å². The van der Waals surface area contributed by atoms with Gasteiger partial charge in [-0.1, -0.05) is 0 Å². The Balaban J connectivity index is 4.03. The fourth-order valence-electron chi connectivity index (χ4n) is 0.521. The average Bonchev–Trinajstić information content (AvgIpc) is 1.99. The third kappa shape index (κ3) is 3.34. The lowest BCUT2D eigenvalue weighted by molar-refractivity contribution is -0.170. The van der Waals surface area contributed by atoms with Crippen LogP contribution in [0.1, 0.15) is 13.8 Å². The number of carbonyl (C=O) groups excluding carboxylic acids is 2. The summed E-state index contributed by atoms with van der Waals surface area (Å²) in [4.78, 5) is 21.1. The van der Waals surface area contributed by atoms with Gasteiger partial charge >= 0.3 is 11.9 Å². The predicted octanol–water partition coefficient (Wildman–Crippen LogP) is -0.527. The molecule has 0 aliphatic carbocycles. The van der Waals surface area contributed by atoms with Crippen LogP contribution in [-0.2, 0) is 19.1 Å². The molecule has 0 fully saturated rings. The highest BCUT2D eigenvalue weighted by Gasteiger charge is 2.32. The van der Waals surface area contributed by atoms with Gasteiger partial charge in [0.1, 0.15) is 6.61 Å². The largest absolute Gasteiger partial charge is 0.467 e. The van der Waals surface area contributed by atoms with Gasteiger partial charge in [-0.2, -0.15) is 0 Å². The molecule has 0 amide bonds. The monoisotopic (exact) mass is 176 g/mol. The lowest BCUT2D eigenvalue weighted by atomic mass is 10.1. The first-order valence-corrected chi connectivity index (χ1v) is 3.34. The second kappa shape index (κ2) is 4.06. The van der Waals surface area contributed by atoms with E-state index in [1.54, 1.807) is 0 Å². The van der Waals surface area contributed by atoms with Gasteiger partial charge in [-0.25, -0.2) is 4.79 Å². The molecule has 1 unspecified atom stereocenters. The molecule has 0 aromatic heterocycles. The number of aliphatic hydroxyl groups is 1. The Morgan fingerprint density at radius 2 is 2.00 bits per heavy atom. The van der Waals surface area contributed by atoms with Crippen LogP contribution >= 0.6 is 0 Å². The number of ether oxygens (including phenoxy) is 2. The van der Waals surface area contributed by atoms with Gasteiger partial charge in [-0.05, 0) is 6.92 Å². The SMILES string of the molecule is COC(=O)C(C)(O)COC(C)=O. The summed E-state index contributed by atoms with van der Waals surface area (Å²) in [6.45, 7) is 2.00. The Kier molecular flexibility index (Phi) is 3.69. The highest BCUT2D eigenvalue weighted by atomic mass is 16.6. The van der Waals surface area contributed by atoms with Gasteiger partial charge in [-0.15, -0.1) is 0 Å². The topological polar surface area (TPSA) is 72.8 Å². The molecule has 70 valence electrons. The zero-order chi connectivity index (χ0) is 9.78. The van der Waals surface area contributed by atoms with E-state index < -0.39 is 24.1 Å². The minimum Gasteiger partial charge on any atom is -0.467 e. The van der Waals surface area contributed by atoms with Crippen LogP contribution in [0.5, 0.6) is 0 Å². The molecule has 0 aliphatic rings. The van der Waals surface area contributed by atoms with Crippen molar-refractivity contribution in [1.29, 1.82) is 0 Å². The van der Waals surface area contributed by atoms with E-state index >= 15 is 0 Å². The molecule has 5 heteroatoms. The number of hydrogen-bond donors (Lipinski definition) is 1. The summed E-state index contributed by atoms with van der Waals surface area (Å²) in [6.07, 6.45) is 0. The Labute approximate surface area is 70.3 Å². The summed E-state index contributed by atoms with van der Waals surface area (Å²) < 4.78 is 8.71. The molecule has 0 saturated heterocycles. The van der Waals surface area contributed by atoms with E-state index in [2.05, 4.69) is 9.47 Å². The standard InChI is InChI=1S/C7H12O5/c1-5(8)12-4-7(2,10)6(9)11-3/h10H,4H2,1-3H3. The van der Waals surface area contributed by atoms with E-state index in [1.165, 1.54) is 13.8 Å². The minimum absolute atomic E-state index is 0.394. The van der Waals surface area contributed by atoms with Crippen LogP contribution in [0.25, 0.3) is 0 Å². The van der Waals surface area contributed by atoms with E-state index in [-0.39, 0.29) is 0 Å². The van der Waals surface area contributed by atoms with Crippen LogP contribution in [0, 0.1) is 0 Å². The maximum atomic E-state index is 10.8. The van der Waals surface area contributed by atoms with Crippen LogP contribution in [-0.4, -0.2) is 36.4 Å². The average molecular weight is 176 g/mol. The van der Waals surface area contributed by atoms with E-state index in [4.69, 9.17) is 0 Å². The molecule has 1 atom stereocenters. The van der Waals surface area contributed by atoms with Crippen molar-refractivity contribution in [2.75, 3.05) is 13.7 Å². The molecule has 5 nitrogen and oxygen atoms in total. The molecule has 0 aromatic rings. The summed E-state index contributed by atoms with van der Waals surface area (Å²) >= 11 is 0. The van der Waals surface area contributed by atoms with Crippen molar-refractivity contribution in [3.05, 3.63) is 0 Å². The molecule has 12 heavy (non-hydrogen) atoms. The Hall–Kier alpha value is -1.10. The van der Waals surface area contributed by atoms with Crippen molar-refractivity contribution < 1.29 is 24.2 Å². The lowest BCUT2D eigenvalue weighted by Gasteiger charge is -2.18. The summed E-state index contributed by atoms with van der Waals surface area (Å²) in [7, 11) is 1.14. The zero-order valence-corrected chi connectivity index (χ0v) is 7.29. The lowest BCUT2D eigenvalue weighted by Crippen LogP contribution is -2.41. The summed E-state index contributed by atoms with van der Waals surface area (Å²) in [5.74, 6) is -1.39. The first-order valence-electron chi connectivity index (χ1n) is 3.34. The van der Waals surface area contributed by atoms with Crippen LogP contribution in [0.3, 0.4) is 0 Å². The van der Waals surface area contributed by atoms with Crippen LogP contribution in [0.15, 0.2) is 0 Å². The molecule has 0 heterocycles. The summed E-state index contributed by atoms with van der Waals surface area (Å²) in [5, 5.41) is 9.28. The number of esters is 2. The van der Waals surface area contributed by atoms with Gasteiger partial charge in [0.2, 0.25) is 0 Å². The van der Waals surface area contributed by atoms with E-state index in [1.807, 2.05) is 0 Å². The van der Waals surface area contributed by atoms with Crippen molar-refractivity contribution in [1.82, 2.24) is 0 Å². The molecule has 0 aliphatic heterocycles. The maximum absolute atomic E-state index is 10.8. The second-order valence-electron chi connectivity index (χ2n) is 2.55. The van der Waals surface area contributed by atoms with Crippen molar-refractivity contribution in [2.24, 2.45) is 0 Å². The molecule has 0 aromatic carbocycles. The Bertz CT molecular complexity index is 184. The third-order valence-corrected chi connectivity index (χ3v) is 1.18. The molecular weight excluding hydrogens is 164 g/mol. The van der Waals surface area contributed by atoms with Gasteiger partial charge in [-0.3, -0.25) is 4.79 Å². The van der Waals surface area contributed by atoms with E-state index in [0.29, 0.717) is 0 Å². The second-order valence-corrected chi connectivity index (χ2v) is 2.55. The number of carbonyl (C=O) groups is 2. The number of methoxy groups -OCH3 is 1. The van der Waals surface area contributed by atoms with Crippen LogP contribution < -0.4 is 0 Å². The molecular formula is C7H12O5. The zero-order valence-electron chi connectivity index (χ0n) is 7.29. The van der Waals surface area contributed by atoms with Gasteiger partial charge < -0.3 is 14.6 Å². The van der Waals surface area contributed by atoms with Crippen molar-refractivity contribution in [3.8, 4) is 0 Å². The van der Waals surface area contributed by atoms with Gasteiger partial charge in [0.25, 0.3) is 0 Å². The third-order valence-electron chi connectivity index (χ3n) is 1.18. The smallest absolute Gasteiger partial charge is 0.341 e. The fraction of sp³-hybridized carbons (Fsp3) is 0.714. The fourth-order valence-corrected chi connectivity index (χ4v) is 0.521. The van der Waals surface area contributed by atoms with Crippen molar-refractivity contribution in [2.45, 2.75) is 19.4 Å². The molecule has 0 bridgehead atoms. The van der Waals surface area contributed by atoms with Gasteiger partial charge in [0.05, 0.1) is 7.11 Å². The van der Waals surface area contributed by atoms with Gasteiger partial charge in [0, 0.05) is 6.92 Å². The Morgan fingerprint density at radius 3 is 2.33 bits per heavy atom. The van der Waals surface area contributed by atoms with Gasteiger partial charge in [0.15, 0.2) is 5.60 Å². The first kappa shape index (κ1) is 10.9. The normalized spacial score (nSPS) is 14.7. The quantitative estimate of drug-likeness (QED) is 0.585. The summed E-state index contributed by atoms with van der Waals surface area (Å²) in [5.41, 5.74) is -1.76. The first-order chi connectivity index (χ1) is 5.40. The Morgan fingerprint density at radius 1 is 1.50 bits per heavy atom. The van der Waals surface area contributed by atoms with Crippen LogP contribution in [0.4, 0.5) is 0 Å². The highest BCUT2D eigenvalue weighted by molar-refractivity contribution is 5.79. The number of hydrogen-bond acceptors (Lipinski definition) is 5. The van der Waals surface area contributed by atoms with Crippen molar-refractivity contribution >= 4 is 11.9 Å². The molecule has 0 saturated carbocycles. The summed E-state index contributed by atoms with van der Waals surface area (Å²) in [6, 6.07) is 0. The number of rotatable bonds is 3. The van der Waals surface area contributed by atoms with E-state index in [0.717, 1.165) is 7.11 Å². The van der Waals surface area contributed by atoms with Crippen LogP contribution in [0.2, 0.25) is 0 Å². The maximum Gasteiger partial charge on any atom is 0.341 e. The molecule has 1 N–H and O–H groups in total. The highest BCUT2D eigenvalue weighted by Crippen LogP contribution is 2.05. The molecule has 0 rings (SSSR count). The van der Waals surface area contributed by atoms with E-state index in [9.17, 15) is 14.7 Å². The minimum atomic E-state index is -1.76. The molecule has 0 spiro atoms. The predicted molar refractivity (Wildman–Crippen MR) is 39.3 cm³/mol. The molecule has 0 radical (unpaired) electrons.